The molecule has 26 heavy (non-hydrogen) atoms. The zero-order valence-electron chi connectivity index (χ0n) is 15.2. The molecule has 7 heteroatoms. The van der Waals surface area contributed by atoms with Crippen LogP contribution in [0.4, 0.5) is 5.82 Å². The summed E-state index contributed by atoms with van der Waals surface area (Å²) in [6, 6.07) is 3.71. The summed E-state index contributed by atoms with van der Waals surface area (Å²) in [6.45, 7) is 6.16. The van der Waals surface area contributed by atoms with E-state index in [0.717, 1.165) is 49.4 Å². The van der Waals surface area contributed by atoms with Gasteiger partial charge in [0.25, 0.3) is 0 Å². The predicted octanol–water partition coefficient (Wildman–Crippen LogP) is 2.39. The lowest BCUT2D eigenvalue weighted by atomic mass is 9.79. The topological polar surface area (TPSA) is 80.2 Å². The minimum Gasteiger partial charge on any atom is -0.437 e. The maximum Gasteiger partial charge on any atom is 0.228 e. The maximum absolute atomic E-state index is 12.4. The van der Waals surface area contributed by atoms with Crippen LogP contribution >= 0.6 is 0 Å². The van der Waals surface area contributed by atoms with E-state index in [1.807, 2.05) is 26.0 Å². The van der Waals surface area contributed by atoms with Gasteiger partial charge in [-0.2, -0.15) is 0 Å². The van der Waals surface area contributed by atoms with Crippen molar-refractivity contribution in [2.24, 2.45) is 5.41 Å². The van der Waals surface area contributed by atoms with E-state index in [0.29, 0.717) is 18.2 Å². The molecule has 2 aliphatic rings. The number of hydrogen-bond acceptors (Lipinski definition) is 6. The van der Waals surface area contributed by atoms with Crippen molar-refractivity contribution in [3.8, 4) is 11.6 Å². The van der Waals surface area contributed by atoms with Gasteiger partial charge in [0.05, 0.1) is 16.7 Å². The fourth-order valence-electron chi connectivity index (χ4n) is 3.90. The third kappa shape index (κ3) is 2.87. The van der Waals surface area contributed by atoms with Crippen molar-refractivity contribution in [2.75, 3.05) is 24.5 Å². The second-order valence-corrected chi connectivity index (χ2v) is 7.13. The van der Waals surface area contributed by atoms with E-state index in [1.54, 1.807) is 6.20 Å². The lowest BCUT2D eigenvalue weighted by Crippen LogP contribution is -2.47. The molecule has 2 saturated heterocycles. The second kappa shape index (κ2) is 6.55. The second-order valence-electron chi connectivity index (χ2n) is 7.13. The van der Waals surface area contributed by atoms with Crippen molar-refractivity contribution < 1.29 is 9.53 Å². The number of piperidine rings is 1. The Morgan fingerprint density at radius 1 is 1.23 bits per heavy atom. The molecule has 2 aliphatic heterocycles. The van der Waals surface area contributed by atoms with Gasteiger partial charge in [0.2, 0.25) is 11.8 Å². The predicted molar refractivity (Wildman–Crippen MR) is 97.3 cm³/mol. The van der Waals surface area contributed by atoms with Gasteiger partial charge in [0.1, 0.15) is 12.1 Å². The summed E-state index contributed by atoms with van der Waals surface area (Å²) >= 11 is 0. The number of rotatable bonds is 3. The molecule has 0 aromatic carbocycles. The van der Waals surface area contributed by atoms with Crippen molar-refractivity contribution in [1.82, 2.24) is 20.3 Å². The zero-order chi connectivity index (χ0) is 18.1. The van der Waals surface area contributed by atoms with Gasteiger partial charge in [0, 0.05) is 25.8 Å². The third-order valence-corrected chi connectivity index (χ3v) is 5.43. The van der Waals surface area contributed by atoms with Crippen LogP contribution in [0.25, 0.3) is 0 Å². The van der Waals surface area contributed by atoms with E-state index >= 15 is 0 Å². The molecule has 2 aromatic rings. The molecule has 4 heterocycles. The van der Waals surface area contributed by atoms with Crippen LogP contribution in [-0.4, -0.2) is 40.5 Å². The van der Waals surface area contributed by atoms with Crippen LogP contribution in [0.5, 0.6) is 11.6 Å². The lowest BCUT2D eigenvalue weighted by molar-refractivity contribution is -0.132. The molecular weight excluding hydrogens is 330 g/mol. The summed E-state index contributed by atoms with van der Waals surface area (Å²) in [7, 11) is 0. The number of aryl methyl sites for hydroxylation is 1. The summed E-state index contributed by atoms with van der Waals surface area (Å²) in [6.07, 6.45) is 6.10. The number of hydrogen-bond donors (Lipinski definition) is 1. The highest BCUT2D eigenvalue weighted by Gasteiger charge is 2.46. The summed E-state index contributed by atoms with van der Waals surface area (Å²) in [5.41, 5.74) is 1.41. The van der Waals surface area contributed by atoms with Gasteiger partial charge in [-0.3, -0.25) is 9.78 Å². The molecule has 2 aromatic heterocycles. The number of aromatic nitrogens is 3. The number of ether oxygens (including phenoxy) is 1. The van der Waals surface area contributed by atoms with E-state index in [4.69, 9.17) is 4.74 Å². The van der Waals surface area contributed by atoms with Gasteiger partial charge >= 0.3 is 0 Å². The van der Waals surface area contributed by atoms with Gasteiger partial charge in [-0.15, -0.1) is 0 Å². The Bertz CT molecular complexity index is 840. The normalized spacial score (nSPS) is 22.5. The standard InChI is InChI=1S/C19H23N5O2/c1-13-16(24-10-7-19(11-24)6-4-9-21-18(19)25)22-12-23-17(13)26-15-5-3-8-20-14(15)2/h3,5,8,12H,4,6-7,9-11H2,1-2H3,(H,21,25). The number of carbonyl (C=O) groups excluding carboxylic acids is 1. The average Bonchev–Trinajstić information content (AvgIpc) is 3.06. The first-order chi connectivity index (χ1) is 12.6. The van der Waals surface area contributed by atoms with Crippen LogP contribution in [0.15, 0.2) is 24.7 Å². The van der Waals surface area contributed by atoms with Crippen molar-refractivity contribution in [3.05, 3.63) is 35.9 Å². The van der Waals surface area contributed by atoms with E-state index in [1.165, 1.54) is 6.33 Å². The molecule has 0 radical (unpaired) electrons. The zero-order valence-corrected chi connectivity index (χ0v) is 15.2. The van der Waals surface area contributed by atoms with Gasteiger partial charge in [0.15, 0.2) is 5.75 Å². The molecule has 4 rings (SSSR count). The van der Waals surface area contributed by atoms with Crippen LogP contribution in [0.3, 0.4) is 0 Å². The van der Waals surface area contributed by atoms with Gasteiger partial charge < -0.3 is 15.0 Å². The van der Waals surface area contributed by atoms with Crippen LogP contribution in [0.1, 0.15) is 30.5 Å². The monoisotopic (exact) mass is 353 g/mol. The minimum atomic E-state index is -0.281. The number of amides is 1. The fraction of sp³-hybridized carbons (Fsp3) is 0.474. The molecule has 1 atom stereocenters. The number of anilines is 1. The number of nitrogens with zero attached hydrogens (tertiary/aromatic N) is 4. The van der Waals surface area contributed by atoms with Crippen LogP contribution < -0.4 is 15.0 Å². The maximum atomic E-state index is 12.4. The Labute approximate surface area is 152 Å². The molecule has 1 amide bonds. The van der Waals surface area contributed by atoms with Crippen LogP contribution in [0, 0.1) is 19.3 Å². The largest absolute Gasteiger partial charge is 0.437 e. The van der Waals surface area contributed by atoms with E-state index in [9.17, 15) is 4.79 Å². The minimum absolute atomic E-state index is 0.181. The Morgan fingerprint density at radius 3 is 2.92 bits per heavy atom. The molecule has 1 N–H and O–H groups in total. The van der Waals surface area contributed by atoms with Crippen molar-refractivity contribution in [1.29, 1.82) is 0 Å². The smallest absolute Gasteiger partial charge is 0.228 e. The Kier molecular flexibility index (Phi) is 4.22. The molecule has 1 spiro atoms. The highest BCUT2D eigenvalue weighted by molar-refractivity contribution is 5.84. The Balaban J connectivity index is 1.59. The summed E-state index contributed by atoms with van der Waals surface area (Å²) in [5.74, 6) is 2.23. The van der Waals surface area contributed by atoms with Crippen LogP contribution in [-0.2, 0) is 4.79 Å². The molecule has 0 bridgehead atoms. The van der Waals surface area contributed by atoms with E-state index < -0.39 is 0 Å². The summed E-state index contributed by atoms with van der Waals surface area (Å²) in [5, 5.41) is 3.02. The van der Waals surface area contributed by atoms with Crippen molar-refractivity contribution in [2.45, 2.75) is 33.1 Å². The highest BCUT2D eigenvalue weighted by Crippen LogP contribution is 2.40. The number of carbonyl (C=O) groups is 1. The third-order valence-electron chi connectivity index (χ3n) is 5.43. The molecular formula is C19H23N5O2. The fourth-order valence-corrected chi connectivity index (χ4v) is 3.90. The quantitative estimate of drug-likeness (QED) is 0.913. The SMILES string of the molecule is Cc1ncccc1Oc1ncnc(N2CCC3(CCCNC3=O)C2)c1C. The first-order valence-electron chi connectivity index (χ1n) is 9.03. The molecule has 2 fully saturated rings. The first kappa shape index (κ1) is 16.8. The van der Waals surface area contributed by atoms with Crippen molar-refractivity contribution >= 4 is 11.7 Å². The Morgan fingerprint density at radius 2 is 2.12 bits per heavy atom. The van der Waals surface area contributed by atoms with Gasteiger partial charge in [-0.05, 0) is 45.2 Å². The molecule has 1 unspecified atom stereocenters. The lowest BCUT2D eigenvalue weighted by Gasteiger charge is -2.32. The van der Waals surface area contributed by atoms with Gasteiger partial charge in [-0.25, -0.2) is 9.97 Å². The molecule has 0 saturated carbocycles. The highest BCUT2D eigenvalue weighted by atomic mass is 16.5. The van der Waals surface area contributed by atoms with E-state index in [2.05, 4.69) is 25.2 Å². The van der Waals surface area contributed by atoms with E-state index in [-0.39, 0.29) is 11.3 Å². The first-order valence-corrected chi connectivity index (χ1v) is 9.03. The van der Waals surface area contributed by atoms with Gasteiger partial charge in [-0.1, -0.05) is 0 Å². The number of nitrogens with one attached hydrogen (secondary N) is 1. The summed E-state index contributed by atoms with van der Waals surface area (Å²) < 4.78 is 5.98. The molecule has 7 nitrogen and oxygen atoms in total. The van der Waals surface area contributed by atoms with Crippen LogP contribution in [0.2, 0.25) is 0 Å². The average molecular weight is 353 g/mol. The Hall–Kier alpha value is -2.70. The summed E-state index contributed by atoms with van der Waals surface area (Å²) in [4.78, 5) is 27.6. The number of pyridine rings is 1. The van der Waals surface area contributed by atoms with Crippen molar-refractivity contribution in [3.63, 3.8) is 0 Å². The molecule has 0 aliphatic carbocycles. The molecule has 136 valence electrons.